The molecule has 35 nitrogen and oxygen atoms in total. The molecule has 0 N–H and O–H groups in total. The van der Waals surface area contributed by atoms with Gasteiger partial charge in [0.05, 0.1) is 46.2 Å². The van der Waals surface area contributed by atoms with E-state index >= 15 is 0 Å². The van der Waals surface area contributed by atoms with Crippen LogP contribution in [0, 0.1) is 0 Å². The average molecular weight is 1430 g/mol. The minimum absolute atomic E-state index is 0.0275. The summed E-state index contributed by atoms with van der Waals surface area (Å²) in [7, 11) is 31.4. The molecule has 0 aromatic rings. The molecule has 0 radical (unpaired) electrons. The van der Waals surface area contributed by atoms with Crippen LogP contribution >= 0.6 is 0 Å². The van der Waals surface area contributed by atoms with E-state index in [9.17, 15) is 0 Å². The van der Waals surface area contributed by atoms with Gasteiger partial charge in [0.15, 0.2) is 0 Å². The van der Waals surface area contributed by atoms with Crippen molar-refractivity contribution in [2.45, 2.75) is 169 Å². The molecule has 8 fully saturated rings. The molecule has 98 heavy (non-hydrogen) atoms. The highest BCUT2D eigenvalue weighted by Crippen LogP contribution is 2.50. The minimum Gasteiger partial charge on any atom is -0.382 e. The first kappa shape index (κ1) is 82.3. The summed E-state index contributed by atoms with van der Waals surface area (Å²) in [6.07, 6.45) is -20.9. The SMILES string of the molecule is COC[C@H]1O[C@]2(CO[C@]3(CO[C@]4(CO[C@]5(CO[C@]6(CO[C@]7(CO[C@]8(CO2)O[C@H](COC)[C@@H](OC)[C@@H]8OC)O[C@H](COC)[C@@H](OC)[C@@H]7OC)O[C@H](COC)[C@@H](OC)[C@@H]6OC)O[C@H](COC)[C@@H](OC)[C@@H]5OC)O[C@H](COC)[C@@H](OC)[C@@H]4OC)O[C@H](COC)[C@@H](OC)[C@@H]3OC)[C@@H](OC)[C@@H]1OC. The van der Waals surface area contributed by atoms with Gasteiger partial charge >= 0.3 is 0 Å². The lowest BCUT2D eigenvalue weighted by atomic mass is 10.0. The molecule has 8 heterocycles. The summed E-state index contributed by atoms with van der Waals surface area (Å²) in [5.41, 5.74) is 0. The van der Waals surface area contributed by atoms with Crippen LogP contribution in [0.1, 0.15) is 0 Å². The lowest BCUT2D eigenvalue weighted by Gasteiger charge is -2.44. The van der Waals surface area contributed by atoms with E-state index in [2.05, 4.69) is 0 Å². The standard InChI is InChI=1S/C63H112O35/c1-64-22-36-43(71-8)50(78-15)57(92-36)29-86-59(52(80-17)45(73-10)38(94-59)24-66-3)31-88-61(54(82-19)47(75-12)40(96-61)26-68-5)33-90-63(56(84-21)49(77-14)42(98-63)28-70-7)35-91-62(55(83-20)48(76-13)41(97-62)27-69-6)34-89-60(53(81-18)46(74-11)39(95-60)25-67-4)32-87-58(30-85-57)51(79-16)44(72-9)37(93-58)23-65-2/h36-56H,22-35H2,1-21H3/t36-,37-,38-,39-,40-,41-,42-,43-,44-,45-,46-,47-,48-,49-,50+,51+,52+,53+,54+,55+,56+,57-,58-,59-,60-,61-,62-,63-/m1/s1. The molecule has 0 aromatic heterocycles. The first-order chi connectivity index (χ1) is 47.4. The number of ether oxygens (including phenoxy) is 35. The van der Waals surface area contributed by atoms with Gasteiger partial charge in [0.25, 0.3) is 0 Å². The van der Waals surface area contributed by atoms with Gasteiger partial charge in [-0.25, -0.2) is 0 Å². The molecule has 0 aromatic carbocycles. The van der Waals surface area contributed by atoms with Gasteiger partial charge < -0.3 is 166 Å². The maximum atomic E-state index is 7.37. The summed E-state index contributed by atoms with van der Waals surface area (Å²) in [4.78, 5) is 0. The Morgan fingerprint density at radius 1 is 0.184 bits per heavy atom. The van der Waals surface area contributed by atoms with E-state index in [0.717, 1.165) is 0 Å². The molecule has 8 saturated heterocycles. The largest absolute Gasteiger partial charge is 0.382 e. The zero-order valence-electron chi connectivity index (χ0n) is 60.8. The topological polar surface area (TPSA) is 323 Å². The van der Waals surface area contributed by atoms with Crippen molar-refractivity contribution in [3.8, 4) is 0 Å². The molecule has 8 aliphatic heterocycles. The van der Waals surface area contributed by atoms with E-state index in [4.69, 9.17) is 166 Å². The highest BCUT2D eigenvalue weighted by molar-refractivity contribution is 5.10. The van der Waals surface area contributed by atoms with Crippen LogP contribution in [0.2, 0.25) is 0 Å². The van der Waals surface area contributed by atoms with Gasteiger partial charge in [0.1, 0.15) is 174 Å². The third-order valence-corrected chi connectivity index (χ3v) is 19.8. The third kappa shape index (κ3) is 15.7. The zero-order valence-corrected chi connectivity index (χ0v) is 60.8. The Kier molecular flexibility index (Phi) is 30.8. The minimum atomic E-state index is -2.08. The van der Waals surface area contributed by atoms with E-state index in [1.165, 1.54) is 149 Å². The van der Waals surface area contributed by atoms with Gasteiger partial charge in [-0.2, -0.15) is 0 Å². The number of rotatable bonds is 28. The molecule has 35 heteroatoms. The Morgan fingerprint density at radius 2 is 0.296 bits per heavy atom. The van der Waals surface area contributed by atoms with E-state index in [1.807, 2.05) is 0 Å². The monoisotopic (exact) mass is 1430 g/mol. The van der Waals surface area contributed by atoms with Crippen LogP contribution in [-0.2, 0) is 166 Å². The smallest absolute Gasteiger partial charge is 0.222 e. The molecule has 574 valence electrons. The molecular weight excluding hydrogens is 1320 g/mol. The van der Waals surface area contributed by atoms with Crippen LogP contribution in [0.25, 0.3) is 0 Å². The summed E-state index contributed by atoms with van der Waals surface area (Å²) in [5, 5.41) is 0. The average Bonchev–Trinajstić information content (AvgIpc) is 1.58. The van der Waals surface area contributed by atoms with Crippen molar-refractivity contribution in [3.63, 3.8) is 0 Å². The van der Waals surface area contributed by atoms with Crippen molar-refractivity contribution in [2.75, 3.05) is 242 Å². The predicted molar refractivity (Wildman–Crippen MR) is 329 cm³/mol. The molecular formula is C63H112O35. The van der Waals surface area contributed by atoms with Crippen molar-refractivity contribution in [1.29, 1.82) is 0 Å². The van der Waals surface area contributed by atoms with Crippen LogP contribution in [0.15, 0.2) is 0 Å². The highest BCUT2D eigenvalue weighted by Gasteiger charge is 2.71. The Labute approximate surface area is 574 Å². The Morgan fingerprint density at radius 3 is 0.378 bits per heavy atom. The molecule has 7 spiro atoms. The normalized spacial score (nSPS) is 46.1. The Hall–Kier alpha value is -1.40. The number of hydrogen-bond acceptors (Lipinski definition) is 35. The lowest BCUT2D eigenvalue weighted by Crippen LogP contribution is -2.61. The molecule has 0 bridgehead atoms. The summed E-state index contributed by atoms with van der Waals surface area (Å²) in [6, 6.07) is 0. The molecule has 0 saturated carbocycles. The molecule has 8 rings (SSSR count). The summed E-state index contributed by atoms with van der Waals surface area (Å²) < 4.78 is 231. The Balaban J connectivity index is 1.44. The fourth-order valence-electron chi connectivity index (χ4n) is 15.5. The van der Waals surface area contributed by atoms with E-state index < -0.39 is 215 Å². The maximum absolute atomic E-state index is 7.37. The number of hydrogen-bond donors (Lipinski definition) is 0. The fraction of sp³-hybridized carbons (Fsp3) is 1.00. The molecule has 8 aliphatic rings. The van der Waals surface area contributed by atoms with Gasteiger partial charge in [-0.05, 0) is 0 Å². The summed E-state index contributed by atoms with van der Waals surface area (Å²) >= 11 is 0. The van der Waals surface area contributed by atoms with Crippen molar-refractivity contribution in [2.24, 2.45) is 0 Å². The molecule has 0 unspecified atom stereocenters. The van der Waals surface area contributed by atoms with Crippen LogP contribution < -0.4 is 0 Å². The maximum Gasteiger partial charge on any atom is 0.222 e. The van der Waals surface area contributed by atoms with E-state index in [-0.39, 0.29) is 46.2 Å². The van der Waals surface area contributed by atoms with Crippen molar-refractivity contribution in [1.82, 2.24) is 0 Å². The van der Waals surface area contributed by atoms with Gasteiger partial charge in [0.2, 0.25) is 40.5 Å². The molecule has 28 atom stereocenters. The van der Waals surface area contributed by atoms with Gasteiger partial charge in [0, 0.05) is 149 Å². The second-order valence-electron chi connectivity index (χ2n) is 25.0. The van der Waals surface area contributed by atoms with E-state index in [0.29, 0.717) is 0 Å². The Bertz CT molecular complexity index is 1860. The van der Waals surface area contributed by atoms with Gasteiger partial charge in [-0.15, -0.1) is 0 Å². The third-order valence-electron chi connectivity index (χ3n) is 19.8. The van der Waals surface area contributed by atoms with Crippen LogP contribution in [0.5, 0.6) is 0 Å². The molecule has 0 aliphatic carbocycles. The first-order valence-corrected chi connectivity index (χ1v) is 32.4. The van der Waals surface area contributed by atoms with Crippen LogP contribution in [0.3, 0.4) is 0 Å². The van der Waals surface area contributed by atoms with Gasteiger partial charge in [-0.1, -0.05) is 0 Å². The fourth-order valence-corrected chi connectivity index (χ4v) is 15.5. The predicted octanol–water partition coefficient (Wildman–Crippen LogP) is -1.48. The van der Waals surface area contributed by atoms with Crippen molar-refractivity contribution >= 4 is 0 Å². The summed E-state index contributed by atoms with van der Waals surface area (Å²) in [5.74, 6) is -14.6. The van der Waals surface area contributed by atoms with Crippen molar-refractivity contribution in [3.05, 3.63) is 0 Å². The zero-order chi connectivity index (χ0) is 71.3. The van der Waals surface area contributed by atoms with Crippen LogP contribution in [-0.4, -0.2) is 410 Å². The van der Waals surface area contributed by atoms with Gasteiger partial charge in [-0.3, -0.25) is 0 Å². The lowest BCUT2D eigenvalue weighted by molar-refractivity contribution is -0.390. The molecule has 0 amide bonds. The highest BCUT2D eigenvalue weighted by atomic mass is 16.9. The van der Waals surface area contributed by atoms with E-state index in [1.54, 1.807) is 0 Å². The van der Waals surface area contributed by atoms with Crippen molar-refractivity contribution < 1.29 is 166 Å². The quantitative estimate of drug-likeness (QED) is 0.0862. The number of methoxy groups -OCH3 is 21. The second kappa shape index (κ2) is 36.7. The second-order valence-corrected chi connectivity index (χ2v) is 25.0. The van der Waals surface area contributed by atoms with Crippen LogP contribution in [0.4, 0.5) is 0 Å². The summed E-state index contributed by atoms with van der Waals surface area (Å²) in [6.45, 7) is -4.32. The first-order valence-electron chi connectivity index (χ1n) is 32.4.